The summed E-state index contributed by atoms with van der Waals surface area (Å²) in [6.45, 7) is 5.10. The highest BCUT2D eigenvalue weighted by molar-refractivity contribution is 7.88. The lowest BCUT2D eigenvalue weighted by Crippen LogP contribution is -2.43. The van der Waals surface area contributed by atoms with Crippen LogP contribution in [0, 0.1) is 11.8 Å². The van der Waals surface area contributed by atoms with Crippen molar-refractivity contribution in [2.24, 2.45) is 11.8 Å². The molecule has 0 aliphatic carbocycles. The normalized spacial score (nSPS) is 24.5. The van der Waals surface area contributed by atoms with Gasteiger partial charge in [0.05, 0.1) is 24.3 Å². The number of fused-ring (bicyclic) bond motifs is 1. The molecule has 2 aliphatic rings. The lowest BCUT2D eigenvalue weighted by atomic mass is 9.88. The van der Waals surface area contributed by atoms with Crippen LogP contribution in [0.25, 0.3) is 6.08 Å². The Morgan fingerprint density at radius 2 is 1.87 bits per heavy atom. The minimum Gasteiger partial charge on any atom is -0.333 e. The lowest BCUT2D eigenvalue weighted by Gasteiger charge is -2.28. The number of sulfonamides is 1. The molecule has 0 radical (unpaired) electrons. The van der Waals surface area contributed by atoms with E-state index < -0.39 is 28.0 Å². The van der Waals surface area contributed by atoms with Gasteiger partial charge in [-0.3, -0.25) is 9.59 Å². The predicted octanol–water partition coefficient (Wildman–Crippen LogP) is 1.80. The molecule has 0 N–H and O–H groups in total. The molecule has 7 nitrogen and oxygen atoms in total. The Kier molecular flexibility index (Phi) is 6.38. The second-order valence-corrected chi connectivity index (χ2v) is 10.7. The van der Waals surface area contributed by atoms with Crippen molar-refractivity contribution in [3.8, 4) is 0 Å². The second-order valence-electron chi connectivity index (χ2n) is 8.86. The number of carbonyl (C=O) groups is 2. The minimum atomic E-state index is -3.67. The molecule has 3 atom stereocenters. The third-order valence-corrected chi connectivity index (χ3v) is 7.01. The van der Waals surface area contributed by atoms with E-state index in [0.717, 1.165) is 22.7 Å². The molecule has 3 rings (SSSR count). The number of amides is 2. The molecule has 2 heterocycles. The molecule has 8 heteroatoms. The number of benzene rings is 1. The van der Waals surface area contributed by atoms with E-state index in [1.54, 1.807) is 11.0 Å². The van der Waals surface area contributed by atoms with Crippen LogP contribution >= 0.6 is 0 Å². The Bertz CT molecular complexity index is 938. The van der Waals surface area contributed by atoms with E-state index in [0.29, 0.717) is 13.0 Å². The SMILES string of the molecule is CC(C)[C@H]1C(=O)N(S(C)(=O)=O)[C@H]2CCN(C(=O)/C=C/c3ccc(CN(C)C)cc3)[C@H]12. The van der Waals surface area contributed by atoms with Crippen LogP contribution in [0.5, 0.6) is 0 Å². The first-order valence-electron chi connectivity index (χ1n) is 10.3. The number of hydrogen-bond acceptors (Lipinski definition) is 5. The third kappa shape index (κ3) is 4.44. The van der Waals surface area contributed by atoms with Crippen LogP contribution in [0.4, 0.5) is 0 Å². The van der Waals surface area contributed by atoms with Gasteiger partial charge in [-0.25, -0.2) is 12.7 Å². The maximum Gasteiger partial charge on any atom is 0.246 e. The van der Waals surface area contributed by atoms with Crippen molar-refractivity contribution in [1.29, 1.82) is 0 Å². The highest BCUT2D eigenvalue weighted by Crippen LogP contribution is 2.41. The molecule has 0 bridgehead atoms. The van der Waals surface area contributed by atoms with Crippen molar-refractivity contribution >= 4 is 27.9 Å². The van der Waals surface area contributed by atoms with Gasteiger partial charge in [0.1, 0.15) is 0 Å². The van der Waals surface area contributed by atoms with Gasteiger partial charge < -0.3 is 9.80 Å². The number of carbonyl (C=O) groups excluding carboxylic acids is 2. The van der Waals surface area contributed by atoms with Crippen LogP contribution in [-0.4, -0.2) is 73.3 Å². The van der Waals surface area contributed by atoms with Gasteiger partial charge >= 0.3 is 0 Å². The van der Waals surface area contributed by atoms with Gasteiger partial charge in [-0.2, -0.15) is 0 Å². The molecule has 30 heavy (non-hydrogen) atoms. The summed E-state index contributed by atoms with van der Waals surface area (Å²) in [5.74, 6) is -1.14. The Hall–Kier alpha value is -2.19. The number of rotatable bonds is 6. The quantitative estimate of drug-likeness (QED) is 0.640. The Labute approximate surface area is 179 Å². The Balaban J connectivity index is 1.78. The predicted molar refractivity (Wildman–Crippen MR) is 117 cm³/mol. The third-order valence-electron chi connectivity index (χ3n) is 5.85. The van der Waals surface area contributed by atoms with Crippen LogP contribution in [0.1, 0.15) is 31.4 Å². The molecule has 0 saturated carbocycles. The second kappa shape index (κ2) is 8.51. The topological polar surface area (TPSA) is 78.0 Å². The number of hydrogen-bond donors (Lipinski definition) is 0. The van der Waals surface area contributed by atoms with E-state index in [1.165, 1.54) is 11.6 Å². The fraction of sp³-hybridized carbons (Fsp3) is 0.545. The maximum atomic E-state index is 13.0. The van der Waals surface area contributed by atoms with E-state index in [2.05, 4.69) is 4.90 Å². The fourth-order valence-corrected chi connectivity index (χ4v) is 5.82. The molecule has 2 saturated heterocycles. The van der Waals surface area contributed by atoms with Gasteiger partial charge in [0.15, 0.2) is 0 Å². The molecule has 0 unspecified atom stereocenters. The van der Waals surface area contributed by atoms with E-state index in [4.69, 9.17) is 0 Å². The molecule has 1 aromatic rings. The first-order chi connectivity index (χ1) is 14.0. The highest BCUT2D eigenvalue weighted by Gasteiger charge is 2.58. The molecular weight excluding hydrogens is 402 g/mol. The molecule has 2 fully saturated rings. The minimum absolute atomic E-state index is 0.0571. The van der Waals surface area contributed by atoms with Crippen molar-refractivity contribution < 1.29 is 18.0 Å². The summed E-state index contributed by atoms with van der Waals surface area (Å²) < 4.78 is 25.5. The fourth-order valence-electron chi connectivity index (χ4n) is 4.65. The molecular formula is C22H31N3O4S. The van der Waals surface area contributed by atoms with Crippen molar-refractivity contribution in [3.05, 3.63) is 41.5 Å². The maximum absolute atomic E-state index is 13.0. The Morgan fingerprint density at radius 1 is 1.23 bits per heavy atom. The zero-order chi connectivity index (χ0) is 22.2. The van der Waals surface area contributed by atoms with Crippen LogP contribution in [-0.2, 0) is 26.2 Å². The summed E-state index contributed by atoms with van der Waals surface area (Å²) in [4.78, 5) is 29.6. The monoisotopic (exact) mass is 433 g/mol. The van der Waals surface area contributed by atoms with Crippen LogP contribution in [0.15, 0.2) is 30.3 Å². The largest absolute Gasteiger partial charge is 0.333 e. The summed E-state index contributed by atoms with van der Waals surface area (Å²) in [5.41, 5.74) is 2.11. The van der Waals surface area contributed by atoms with Gasteiger partial charge in [-0.1, -0.05) is 38.1 Å². The number of nitrogens with zero attached hydrogens (tertiary/aromatic N) is 3. The van der Waals surface area contributed by atoms with Crippen molar-refractivity contribution in [2.75, 3.05) is 26.9 Å². The molecule has 0 aromatic heterocycles. The Morgan fingerprint density at radius 3 is 2.40 bits per heavy atom. The van der Waals surface area contributed by atoms with Crippen molar-refractivity contribution in [3.63, 3.8) is 0 Å². The van der Waals surface area contributed by atoms with Gasteiger partial charge in [0.25, 0.3) is 0 Å². The summed E-state index contributed by atoms with van der Waals surface area (Å²) in [6.07, 6.45) is 4.83. The van der Waals surface area contributed by atoms with E-state index in [1.807, 2.05) is 52.2 Å². The van der Waals surface area contributed by atoms with Crippen molar-refractivity contribution in [2.45, 2.75) is 38.9 Å². The van der Waals surface area contributed by atoms with Gasteiger partial charge in [-0.05, 0) is 43.6 Å². The van der Waals surface area contributed by atoms with E-state index in [-0.39, 0.29) is 17.7 Å². The van der Waals surface area contributed by atoms with Crippen LogP contribution in [0.2, 0.25) is 0 Å². The first-order valence-corrected chi connectivity index (χ1v) is 12.1. The molecule has 2 aliphatic heterocycles. The summed E-state index contributed by atoms with van der Waals surface area (Å²) in [6, 6.07) is 7.12. The lowest BCUT2D eigenvalue weighted by molar-refractivity contribution is -0.131. The van der Waals surface area contributed by atoms with Gasteiger partial charge in [0.2, 0.25) is 21.8 Å². The van der Waals surface area contributed by atoms with Crippen LogP contribution < -0.4 is 0 Å². The number of likely N-dealkylation sites (tertiary alicyclic amines) is 1. The molecule has 2 amide bonds. The summed E-state index contributed by atoms with van der Waals surface area (Å²) in [7, 11) is 0.360. The van der Waals surface area contributed by atoms with Crippen molar-refractivity contribution in [1.82, 2.24) is 14.1 Å². The molecule has 164 valence electrons. The smallest absolute Gasteiger partial charge is 0.246 e. The average molecular weight is 434 g/mol. The zero-order valence-electron chi connectivity index (χ0n) is 18.3. The zero-order valence-corrected chi connectivity index (χ0v) is 19.1. The summed E-state index contributed by atoms with van der Waals surface area (Å²) >= 11 is 0. The van der Waals surface area contributed by atoms with Crippen LogP contribution in [0.3, 0.4) is 0 Å². The highest BCUT2D eigenvalue weighted by atomic mass is 32.2. The van der Waals surface area contributed by atoms with E-state index in [9.17, 15) is 18.0 Å². The molecule has 0 spiro atoms. The summed E-state index contributed by atoms with van der Waals surface area (Å²) in [5, 5.41) is 0. The average Bonchev–Trinajstić information content (AvgIpc) is 3.15. The first kappa shape index (κ1) is 22.5. The van der Waals surface area contributed by atoms with E-state index >= 15 is 0 Å². The molecule has 1 aromatic carbocycles. The standard InChI is InChI=1S/C22H31N3O4S/c1-15(2)20-21-18(25(22(20)27)30(5,28)29)12-13-24(21)19(26)11-10-16-6-8-17(9-7-16)14-23(3)4/h6-11,15,18,20-21H,12-14H2,1-5H3/b11-10+/t18-,20+,21-/m0/s1. The van der Waals surface area contributed by atoms with Gasteiger partial charge in [0, 0.05) is 19.2 Å². The van der Waals surface area contributed by atoms with Gasteiger partial charge in [-0.15, -0.1) is 0 Å².